The van der Waals surface area contributed by atoms with Crippen LogP contribution in [0.25, 0.3) is 11.3 Å². The van der Waals surface area contributed by atoms with Crippen LogP contribution < -0.4 is 5.46 Å². The summed E-state index contributed by atoms with van der Waals surface area (Å²) in [7, 11) is 5.75. The summed E-state index contributed by atoms with van der Waals surface area (Å²) in [5.41, 5.74) is 4.46. The molecule has 1 atom stereocenters. The average Bonchev–Trinajstić information content (AvgIpc) is 3.37. The molecule has 0 unspecified atom stereocenters. The molecule has 134 valence electrons. The van der Waals surface area contributed by atoms with E-state index in [1.54, 1.807) is 4.90 Å². The normalized spacial score (nSPS) is 16.4. The van der Waals surface area contributed by atoms with Gasteiger partial charge in [0.15, 0.2) is 0 Å². The van der Waals surface area contributed by atoms with E-state index in [1.165, 1.54) is 0 Å². The van der Waals surface area contributed by atoms with Gasteiger partial charge in [0.25, 0.3) is 0 Å². The summed E-state index contributed by atoms with van der Waals surface area (Å²) < 4.78 is 5.51. The quantitative estimate of drug-likeness (QED) is 0.729. The van der Waals surface area contributed by atoms with Gasteiger partial charge in [0.05, 0.1) is 17.4 Å². The standard InChI is InChI=1S/C21H20BN3O2/c22-17-10-8-16(9-11-17)18-13-19(24-23-18)20-7-4-12-25(20)21(26)27-14-15-5-2-1-3-6-15/h1-3,5-6,8-11,13,20H,4,7,12,14H2,(H,23,24)/t20-/m0/s1. The van der Waals surface area contributed by atoms with Crippen molar-refractivity contribution >= 4 is 19.4 Å². The van der Waals surface area contributed by atoms with Gasteiger partial charge in [-0.3, -0.25) is 10.00 Å². The molecule has 6 heteroatoms. The Kier molecular flexibility index (Phi) is 4.96. The van der Waals surface area contributed by atoms with E-state index in [2.05, 4.69) is 10.2 Å². The number of ether oxygens (including phenoxy) is 1. The van der Waals surface area contributed by atoms with Crippen LogP contribution in [0.5, 0.6) is 0 Å². The zero-order valence-corrected chi connectivity index (χ0v) is 15.0. The lowest BCUT2D eigenvalue weighted by molar-refractivity contribution is 0.0915. The fraction of sp³-hybridized carbons (Fsp3) is 0.238. The summed E-state index contributed by atoms with van der Waals surface area (Å²) >= 11 is 0. The van der Waals surface area contributed by atoms with Crippen LogP contribution >= 0.6 is 0 Å². The van der Waals surface area contributed by atoms with Crippen molar-refractivity contribution in [3.8, 4) is 11.3 Å². The second-order valence-corrected chi connectivity index (χ2v) is 6.72. The van der Waals surface area contributed by atoms with Crippen molar-refractivity contribution in [3.05, 3.63) is 71.9 Å². The van der Waals surface area contributed by atoms with E-state index in [0.717, 1.165) is 40.8 Å². The minimum absolute atomic E-state index is 0.0386. The highest BCUT2D eigenvalue weighted by atomic mass is 16.6. The van der Waals surface area contributed by atoms with Crippen molar-refractivity contribution < 1.29 is 9.53 Å². The van der Waals surface area contributed by atoms with Gasteiger partial charge in [0.2, 0.25) is 0 Å². The second kappa shape index (κ2) is 7.70. The van der Waals surface area contributed by atoms with Crippen LogP contribution in [-0.4, -0.2) is 35.6 Å². The van der Waals surface area contributed by atoms with Crippen molar-refractivity contribution in [2.45, 2.75) is 25.5 Å². The Bertz CT molecular complexity index is 909. The molecule has 1 fully saturated rings. The number of H-pyrrole nitrogens is 1. The first-order chi connectivity index (χ1) is 13.2. The van der Waals surface area contributed by atoms with E-state index in [9.17, 15) is 4.79 Å². The van der Waals surface area contributed by atoms with Crippen LogP contribution in [0.1, 0.15) is 30.1 Å². The zero-order chi connectivity index (χ0) is 18.6. The molecule has 2 aromatic carbocycles. The van der Waals surface area contributed by atoms with Crippen LogP contribution in [0.3, 0.4) is 0 Å². The highest BCUT2D eigenvalue weighted by molar-refractivity contribution is 6.32. The van der Waals surface area contributed by atoms with Crippen LogP contribution in [0, 0.1) is 0 Å². The number of nitrogens with zero attached hydrogens (tertiary/aromatic N) is 2. The van der Waals surface area contributed by atoms with E-state index in [1.807, 2.05) is 60.7 Å². The average molecular weight is 357 g/mol. The molecule has 2 heterocycles. The lowest BCUT2D eigenvalue weighted by atomic mass is 9.95. The number of hydrogen-bond acceptors (Lipinski definition) is 3. The Balaban J connectivity index is 1.45. The summed E-state index contributed by atoms with van der Waals surface area (Å²) in [6.45, 7) is 0.969. The number of hydrogen-bond donors (Lipinski definition) is 1. The number of benzene rings is 2. The van der Waals surface area contributed by atoms with E-state index < -0.39 is 0 Å². The minimum atomic E-state index is -0.287. The predicted molar refractivity (Wildman–Crippen MR) is 105 cm³/mol. The van der Waals surface area contributed by atoms with Gasteiger partial charge in [0, 0.05) is 12.1 Å². The Morgan fingerprint density at radius 2 is 1.96 bits per heavy atom. The molecule has 2 radical (unpaired) electrons. The molecule has 0 spiro atoms. The molecule has 4 rings (SSSR count). The van der Waals surface area contributed by atoms with Crippen LogP contribution in [0.2, 0.25) is 0 Å². The SMILES string of the molecule is [B]c1ccc(-c2cc([C@@H]3CCCN3C(=O)OCc3ccccc3)[nH]n2)cc1. The van der Waals surface area contributed by atoms with Gasteiger partial charge in [-0.1, -0.05) is 60.1 Å². The van der Waals surface area contributed by atoms with E-state index in [0.29, 0.717) is 6.54 Å². The van der Waals surface area contributed by atoms with Crippen LogP contribution in [0.15, 0.2) is 60.7 Å². The van der Waals surface area contributed by atoms with Crippen molar-refractivity contribution in [1.82, 2.24) is 15.1 Å². The van der Waals surface area contributed by atoms with Crippen molar-refractivity contribution in [3.63, 3.8) is 0 Å². The number of rotatable bonds is 4. The lowest BCUT2D eigenvalue weighted by Crippen LogP contribution is -2.31. The van der Waals surface area contributed by atoms with Crippen LogP contribution in [0.4, 0.5) is 4.79 Å². The molecule has 5 nitrogen and oxygen atoms in total. The molecule has 1 aliphatic rings. The number of aromatic amines is 1. The first-order valence-electron chi connectivity index (χ1n) is 9.09. The topological polar surface area (TPSA) is 58.2 Å². The molecular weight excluding hydrogens is 337 g/mol. The van der Waals surface area contributed by atoms with Gasteiger partial charge in [-0.25, -0.2) is 4.79 Å². The molecule has 1 N–H and O–H groups in total. The maximum atomic E-state index is 12.6. The molecule has 1 aromatic heterocycles. The highest BCUT2D eigenvalue weighted by Crippen LogP contribution is 2.33. The van der Waals surface area contributed by atoms with Crippen molar-refractivity contribution in [2.24, 2.45) is 0 Å². The highest BCUT2D eigenvalue weighted by Gasteiger charge is 2.32. The summed E-state index contributed by atoms with van der Waals surface area (Å²) in [6, 6.07) is 19.3. The third kappa shape index (κ3) is 3.89. The van der Waals surface area contributed by atoms with Gasteiger partial charge < -0.3 is 4.74 Å². The van der Waals surface area contributed by atoms with Crippen molar-refractivity contribution in [2.75, 3.05) is 6.54 Å². The Morgan fingerprint density at radius 1 is 1.19 bits per heavy atom. The molecule has 1 amide bonds. The predicted octanol–water partition coefficient (Wildman–Crippen LogP) is 3.34. The number of likely N-dealkylation sites (tertiary alicyclic amines) is 1. The molecular formula is C21H20BN3O2. The first kappa shape index (κ1) is 17.4. The Hall–Kier alpha value is -3.02. The summed E-state index contributed by atoms with van der Waals surface area (Å²) in [6.07, 6.45) is 1.55. The van der Waals surface area contributed by atoms with Gasteiger partial charge >= 0.3 is 6.09 Å². The second-order valence-electron chi connectivity index (χ2n) is 6.72. The number of amides is 1. The fourth-order valence-electron chi connectivity index (χ4n) is 3.42. The van der Waals surface area contributed by atoms with E-state index in [-0.39, 0.29) is 18.7 Å². The first-order valence-corrected chi connectivity index (χ1v) is 9.09. The van der Waals surface area contributed by atoms with Crippen LogP contribution in [-0.2, 0) is 11.3 Å². The van der Waals surface area contributed by atoms with E-state index in [4.69, 9.17) is 12.6 Å². The number of carbonyl (C=O) groups is 1. The number of carbonyl (C=O) groups excluding carboxylic acids is 1. The summed E-state index contributed by atoms with van der Waals surface area (Å²) in [4.78, 5) is 14.4. The molecule has 0 bridgehead atoms. The molecule has 0 aliphatic carbocycles. The third-order valence-corrected chi connectivity index (χ3v) is 4.86. The maximum absolute atomic E-state index is 12.6. The maximum Gasteiger partial charge on any atom is 0.410 e. The molecule has 27 heavy (non-hydrogen) atoms. The number of nitrogens with one attached hydrogen (secondary N) is 1. The summed E-state index contributed by atoms with van der Waals surface area (Å²) in [5.74, 6) is 0. The smallest absolute Gasteiger partial charge is 0.410 e. The molecule has 0 saturated carbocycles. The Labute approximate surface area is 159 Å². The number of aromatic nitrogens is 2. The minimum Gasteiger partial charge on any atom is -0.445 e. The van der Waals surface area contributed by atoms with Gasteiger partial charge in [-0.2, -0.15) is 5.10 Å². The molecule has 1 saturated heterocycles. The third-order valence-electron chi connectivity index (χ3n) is 4.86. The molecule has 3 aromatic rings. The summed E-state index contributed by atoms with van der Waals surface area (Å²) in [5, 5.41) is 7.49. The largest absolute Gasteiger partial charge is 0.445 e. The monoisotopic (exact) mass is 357 g/mol. The lowest BCUT2D eigenvalue weighted by Gasteiger charge is -2.23. The van der Waals surface area contributed by atoms with Crippen molar-refractivity contribution in [1.29, 1.82) is 0 Å². The van der Waals surface area contributed by atoms with Gasteiger partial charge in [-0.15, -0.1) is 0 Å². The van der Waals surface area contributed by atoms with Gasteiger partial charge in [0.1, 0.15) is 14.5 Å². The Morgan fingerprint density at radius 3 is 2.74 bits per heavy atom. The molecule has 1 aliphatic heterocycles. The van der Waals surface area contributed by atoms with Gasteiger partial charge in [-0.05, 0) is 24.5 Å². The van der Waals surface area contributed by atoms with E-state index >= 15 is 0 Å². The fourth-order valence-corrected chi connectivity index (χ4v) is 3.42. The zero-order valence-electron chi connectivity index (χ0n) is 15.0.